The van der Waals surface area contributed by atoms with E-state index in [1.54, 1.807) is 13.0 Å². The standard InChI is InChI=1S/C24H20FN3O5S/c1-15-4-2-7-20(25)23(15)24(30)27-17-8-9-22-21(11-17)28(13-18(14-29)33-22)34(31,32)19-6-3-5-16(10-19)12-26/h2-11,18,29H,13-14H2,1H3,(H,27,30)/t18-/m1/s1. The Labute approximate surface area is 195 Å². The van der Waals surface area contributed by atoms with Crippen molar-refractivity contribution in [3.63, 3.8) is 0 Å². The zero-order valence-corrected chi connectivity index (χ0v) is 18.8. The first kappa shape index (κ1) is 23.2. The summed E-state index contributed by atoms with van der Waals surface area (Å²) in [6.45, 7) is 0.999. The molecule has 1 atom stereocenters. The van der Waals surface area contributed by atoms with Crippen molar-refractivity contribution >= 4 is 27.3 Å². The zero-order valence-electron chi connectivity index (χ0n) is 18.0. The molecule has 3 aromatic carbocycles. The van der Waals surface area contributed by atoms with E-state index in [1.165, 1.54) is 54.6 Å². The lowest BCUT2D eigenvalue weighted by molar-refractivity contribution is 0.102. The van der Waals surface area contributed by atoms with Crippen LogP contribution < -0.4 is 14.4 Å². The van der Waals surface area contributed by atoms with E-state index in [0.29, 0.717) is 5.56 Å². The number of nitriles is 1. The number of nitrogens with zero attached hydrogens (tertiary/aromatic N) is 2. The normalized spacial score (nSPS) is 15.1. The quantitative estimate of drug-likeness (QED) is 0.578. The Morgan fingerprint density at radius 1 is 1.24 bits per heavy atom. The first-order valence-corrected chi connectivity index (χ1v) is 11.7. The summed E-state index contributed by atoms with van der Waals surface area (Å²) in [5, 5.41) is 21.4. The Hall–Kier alpha value is -3.94. The van der Waals surface area contributed by atoms with Crippen LogP contribution in [0.15, 0.2) is 65.6 Å². The lowest BCUT2D eigenvalue weighted by Crippen LogP contribution is -2.45. The Morgan fingerprint density at radius 2 is 2.00 bits per heavy atom. The number of rotatable bonds is 5. The molecule has 0 unspecified atom stereocenters. The van der Waals surface area contributed by atoms with E-state index in [0.717, 1.165) is 4.31 Å². The summed E-state index contributed by atoms with van der Waals surface area (Å²) in [6, 6.07) is 16.1. The Morgan fingerprint density at radius 3 is 2.71 bits per heavy atom. The first-order valence-electron chi connectivity index (χ1n) is 10.3. The van der Waals surface area contributed by atoms with Crippen LogP contribution in [0.1, 0.15) is 21.5 Å². The molecule has 0 fully saturated rings. The lowest BCUT2D eigenvalue weighted by Gasteiger charge is -2.35. The summed E-state index contributed by atoms with van der Waals surface area (Å²) < 4.78 is 47.9. The molecule has 0 aliphatic carbocycles. The molecule has 0 aromatic heterocycles. The second kappa shape index (κ2) is 9.13. The van der Waals surface area contributed by atoms with Crippen LogP contribution >= 0.6 is 0 Å². The second-order valence-electron chi connectivity index (χ2n) is 7.67. The minimum Gasteiger partial charge on any atom is -0.484 e. The molecular formula is C24H20FN3O5S. The summed E-state index contributed by atoms with van der Waals surface area (Å²) in [4.78, 5) is 12.6. The van der Waals surface area contributed by atoms with E-state index >= 15 is 0 Å². The third-order valence-electron chi connectivity index (χ3n) is 5.35. The van der Waals surface area contributed by atoms with Gasteiger partial charge in [-0.3, -0.25) is 9.10 Å². The predicted octanol–water partition coefficient (Wildman–Crippen LogP) is 3.21. The van der Waals surface area contributed by atoms with Crippen LogP contribution in [0.4, 0.5) is 15.8 Å². The van der Waals surface area contributed by atoms with Gasteiger partial charge in [0.2, 0.25) is 0 Å². The van der Waals surface area contributed by atoms with Gasteiger partial charge in [-0.25, -0.2) is 12.8 Å². The van der Waals surface area contributed by atoms with Crippen molar-refractivity contribution in [1.82, 2.24) is 0 Å². The number of aryl methyl sites for hydroxylation is 1. The molecule has 0 radical (unpaired) electrons. The number of carbonyl (C=O) groups excluding carboxylic acids is 1. The molecule has 0 spiro atoms. The molecule has 1 aliphatic heterocycles. The average molecular weight is 482 g/mol. The van der Waals surface area contributed by atoms with Crippen LogP contribution in [0.25, 0.3) is 0 Å². The molecule has 8 nitrogen and oxygen atoms in total. The molecule has 1 heterocycles. The van der Waals surface area contributed by atoms with E-state index in [9.17, 15) is 22.7 Å². The second-order valence-corrected chi connectivity index (χ2v) is 9.53. The molecule has 0 bridgehead atoms. The van der Waals surface area contributed by atoms with Gasteiger partial charge in [-0.1, -0.05) is 18.2 Å². The highest BCUT2D eigenvalue weighted by Crippen LogP contribution is 2.39. The number of halogens is 1. The monoisotopic (exact) mass is 481 g/mol. The molecular weight excluding hydrogens is 461 g/mol. The maximum Gasteiger partial charge on any atom is 0.264 e. The van der Waals surface area contributed by atoms with Gasteiger partial charge in [-0.15, -0.1) is 0 Å². The topological polar surface area (TPSA) is 120 Å². The van der Waals surface area contributed by atoms with Crippen LogP contribution in [0.2, 0.25) is 0 Å². The Bertz CT molecular complexity index is 1400. The highest BCUT2D eigenvalue weighted by atomic mass is 32.2. The summed E-state index contributed by atoms with van der Waals surface area (Å²) in [6.07, 6.45) is -0.817. The molecule has 4 rings (SSSR count). The molecule has 0 saturated heterocycles. The van der Waals surface area contributed by atoms with Crippen molar-refractivity contribution in [2.24, 2.45) is 0 Å². The molecule has 10 heteroatoms. The van der Waals surface area contributed by atoms with E-state index in [-0.39, 0.29) is 39.7 Å². The van der Waals surface area contributed by atoms with Gasteiger partial charge in [0, 0.05) is 5.69 Å². The van der Waals surface area contributed by atoms with Crippen molar-refractivity contribution in [2.75, 3.05) is 22.8 Å². The first-order chi connectivity index (χ1) is 16.2. The Kier molecular flexibility index (Phi) is 6.24. The third kappa shape index (κ3) is 4.31. The number of carbonyl (C=O) groups is 1. The zero-order chi connectivity index (χ0) is 24.5. The van der Waals surface area contributed by atoms with Gasteiger partial charge in [0.05, 0.1) is 40.9 Å². The lowest BCUT2D eigenvalue weighted by atomic mass is 10.1. The van der Waals surface area contributed by atoms with Gasteiger partial charge >= 0.3 is 0 Å². The van der Waals surface area contributed by atoms with E-state index < -0.39 is 34.5 Å². The number of fused-ring (bicyclic) bond motifs is 1. The van der Waals surface area contributed by atoms with Crippen molar-refractivity contribution in [3.05, 3.63) is 83.2 Å². The fourth-order valence-electron chi connectivity index (χ4n) is 3.68. The van der Waals surface area contributed by atoms with Crippen molar-refractivity contribution in [1.29, 1.82) is 5.26 Å². The average Bonchev–Trinajstić information content (AvgIpc) is 2.83. The van der Waals surface area contributed by atoms with Gasteiger partial charge in [0.25, 0.3) is 15.9 Å². The highest BCUT2D eigenvalue weighted by Gasteiger charge is 2.35. The maximum absolute atomic E-state index is 14.2. The fourth-order valence-corrected chi connectivity index (χ4v) is 5.22. The van der Waals surface area contributed by atoms with Crippen LogP contribution in [0.3, 0.4) is 0 Å². The number of ether oxygens (including phenoxy) is 1. The predicted molar refractivity (Wildman–Crippen MR) is 123 cm³/mol. The fraction of sp³-hybridized carbons (Fsp3) is 0.167. The van der Waals surface area contributed by atoms with E-state index in [4.69, 9.17) is 10.00 Å². The van der Waals surface area contributed by atoms with Crippen LogP contribution in [0.5, 0.6) is 5.75 Å². The van der Waals surface area contributed by atoms with Gasteiger partial charge in [0.15, 0.2) is 0 Å². The van der Waals surface area contributed by atoms with Crippen LogP contribution in [0, 0.1) is 24.1 Å². The minimum absolute atomic E-state index is 0.104. The number of sulfonamides is 1. The number of aliphatic hydroxyl groups is 1. The van der Waals surface area contributed by atoms with Crippen LogP contribution in [-0.4, -0.2) is 38.7 Å². The SMILES string of the molecule is Cc1cccc(F)c1C(=O)Nc1ccc2c(c1)N(S(=O)(=O)c1cccc(C#N)c1)C[C@H](CO)O2. The largest absolute Gasteiger partial charge is 0.484 e. The van der Waals surface area contributed by atoms with Gasteiger partial charge in [0.1, 0.15) is 17.7 Å². The molecule has 1 amide bonds. The molecule has 1 aliphatic rings. The Balaban J connectivity index is 1.74. The van der Waals surface area contributed by atoms with E-state index in [1.807, 2.05) is 6.07 Å². The number of hydrogen-bond donors (Lipinski definition) is 2. The molecule has 174 valence electrons. The van der Waals surface area contributed by atoms with Crippen LogP contribution in [-0.2, 0) is 10.0 Å². The van der Waals surface area contributed by atoms with Gasteiger partial charge < -0.3 is 15.2 Å². The van der Waals surface area contributed by atoms with Gasteiger partial charge in [-0.2, -0.15) is 5.26 Å². The summed E-state index contributed by atoms with van der Waals surface area (Å²) in [7, 11) is -4.14. The number of aliphatic hydroxyl groups excluding tert-OH is 1. The maximum atomic E-state index is 14.2. The van der Waals surface area contributed by atoms with Crippen molar-refractivity contribution < 1.29 is 27.4 Å². The smallest absolute Gasteiger partial charge is 0.264 e. The summed E-state index contributed by atoms with van der Waals surface area (Å²) in [5.74, 6) is -1.17. The number of nitrogens with one attached hydrogen (secondary N) is 1. The molecule has 3 aromatic rings. The molecule has 0 saturated carbocycles. The van der Waals surface area contributed by atoms with Gasteiger partial charge in [-0.05, 0) is 55.0 Å². The van der Waals surface area contributed by atoms with Crippen molar-refractivity contribution in [3.8, 4) is 11.8 Å². The highest BCUT2D eigenvalue weighted by molar-refractivity contribution is 7.92. The summed E-state index contributed by atoms with van der Waals surface area (Å²) in [5.41, 5.74) is 0.869. The third-order valence-corrected chi connectivity index (χ3v) is 7.13. The molecule has 2 N–H and O–H groups in total. The van der Waals surface area contributed by atoms with Crippen molar-refractivity contribution in [2.45, 2.75) is 17.9 Å². The minimum atomic E-state index is -4.14. The van der Waals surface area contributed by atoms with E-state index in [2.05, 4.69) is 5.32 Å². The number of anilines is 2. The summed E-state index contributed by atoms with van der Waals surface area (Å²) >= 11 is 0. The number of amides is 1. The molecule has 34 heavy (non-hydrogen) atoms. The number of hydrogen-bond acceptors (Lipinski definition) is 6. The number of benzene rings is 3.